The van der Waals surface area contributed by atoms with E-state index in [1.165, 1.54) is 0 Å². The molecule has 0 aliphatic heterocycles. The Morgan fingerprint density at radius 2 is 1.71 bits per heavy atom. The molecule has 0 heterocycles. The largest absolute Gasteiger partial charge is 0.444 e. The Hall–Kier alpha value is -1.63. The van der Waals surface area contributed by atoms with Crippen LogP contribution in [0.1, 0.15) is 73.1 Å². The number of esters is 1. The van der Waals surface area contributed by atoms with E-state index in [0.717, 1.165) is 12.8 Å². The average molecular weight is 344 g/mol. The Bertz CT molecular complexity index is 418. The lowest BCUT2D eigenvalue weighted by atomic mass is 10.1. The summed E-state index contributed by atoms with van der Waals surface area (Å²) in [5, 5.41) is 2.50. The van der Waals surface area contributed by atoms with Gasteiger partial charge in [-0.3, -0.25) is 15.3 Å². The molecule has 24 heavy (non-hydrogen) atoms. The number of amides is 1. The maximum Gasteiger partial charge on any atom is 0.408 e. The molecule has 140 valence electrons. The summed E-state index contributed by atoms with van der Waals surface area (Å²) in [6.45, 7) is 9.09. The molecule has 0 bridgehead atoms. The molecule has 0 radical (unpaired) electrons. The van der Waals surface area contributed by atoms with Gasteiger partial charge in [-0.25, -0.2) is 4.79 Å². The van der Waals surface area contributed by atoms with Crippen molar-refractivity contribution in [3.05, 3.63) is 0 Å². The molecular formula is C17H32N2O5. The zero-order valence-corrected chi connectivity index (χ0v) is 15.5. The molecule has 0 rings (SSSR count). The van der Waals surface area contributed by atoms with Crippen molar-refractivity contribution in [1.29, 1.82) is 0 Å². The number of alkyl carbamates (subject to hydrolysis) is 1. The monoisotopic (exact) mass is 344 g/mol. The number of hydrogen-bond acceptors (Lipinski definition) is 6. The first-order valence-corrected chi connectivity index (χ1v) is 8.59. The molecule has 0 aromatic carbocycles. The molecule has 0 aromatic rings. The Morgan fingerprint density at radius 3 is 2.21 bits per heavy atom. The van der Waals surface area contributed by atoms with Crippen LogP contribution in [0.15, 0.2) is 0 Å². The van der Waals surface area contributed by atoms with Crippen LogP contribution in [0, 0.1) is 0 Å². The SMILES string of the molecule is CCCCCC(=O)OC(N)C(=O)C(CCC)NC(=O)OC(C)(C)C. The van der Waals surface area contributed by atoms with Gasteiger partial charge in [-0.05, 0) is 33.6 Å². The smallest absolute Gasteiger partial charge is 0.408 e. The predicted octanol–water partition coefficient (Wildman–Crippen LogP) is 2.66. The molecule has 0 saturated heterocycles. The number of rotatable bonds is 10. The zero-order chi connectivity index (χ0) is 18.8. The third-order valence-corrected chi connectivity index (χ3v) is 3.14. The van der Waals surface area contributed by atoms with E-state index in [-0.39, 0.29) is 6.42 Å². The summed E-state index contributed by atoms with van der Waals surface area (Å²) < 4.78 is 10.1. The van der Waals surface area contributed by atoms with Gasteiger partial charge in [0.1, 0.15) is 5.60 Å². The van der Waals surface area contributed by atoms with E-state index < -0.39 is 35.7 Å². The second kappa shape index (κ2) is 11.0. The third kappa shape index (κ3) is 10.2. The highest BCUT2D eigenvalue weighted by atomic mass is 16.6. The van der Waals surface area contributed by atoms with E-state index >= 15 is 0 Å². The van der Waals surface area contributed by atoms with Gasteiger partial charge in [0.2, 0.25) is 12.0 Å². The normalized spacial score (nSPS) is 13.8. The molecule has 0 aliphatic carbocycles. The lowest BCUT2D eigenvalue weighted by Gasteiger charge is -2.24. The van der Waals surface area contributed by atoms with Crippen LogP contribution in [0.5, 0.6) is 0 Å². The van der Waals surface area contributed by atoms with Gasteiger partial charge in [-0.15, -0.1) is 0 Å². The van der Waals surface area contributed by atoms with Crippen molar-refractivity contribution in [2.75, 3.05) is 0 Å². The summed E-state index contributed by atoms with van der Waals surface area (Å²) in [4.78, 5) is 35.8. The fourth-order valence-corrected chi connectivity index (χ4v) is 2.00. The van der Waals surface area contributed by atoms with Crippen LogP contribution >= 0.6 is 0 Å². The highest BCUT2D eigenvalue weighted by Gasteiger charge is 2.29. The number of carbonyl (C=O) groups is 3. The first kappa shape index (κ1) is 22.4. The molecule has 2 atom stereocenters. The minimum Gasteiger partial charge on any atom is -0.444 e. The summed E-state index contributed by atoms with van der Waals surface area (Å²) in [5.41, 5.74) is 5.00. The Labute approximate surface area is 144 Å². The van der Waals surface area contributed by atoms with Gasteiger partial charge < -0.3 is 14.8 Å². The Morgan fingerprint density at radius 1 is 1.08 bits per heavy atom. The molecular weight excluding hydrogens is 312 g/mol. The Kier molecular flexibility index (Phi) is 10.3. The molecule has 0 saturated carbocycles. The number of carbonyl (C=O) groups excluding carboxylic acids is 3. The second-order valence-electron chi connectivity index (χ2n) is 6.76. The van der Waals surface area contributed by atoms with Gasteiger partial charge in [-0.1, -0.05) is 33.1 Å². The molecule has 0 spiro atoms. The van der Waals surface area contributed by atoms with E-state index in [4.69, 9.17) is 15.2 Å². The number of Topliss-reactive ketones (excluding diaryl/α,β-unsaturated/α-hetero) is 1. The molecule has 0 fully saturated rings. The van der Waals surface area contributed by atoms with Crippen molar-refractivity contribution in [2.24, 2.45) is 5.73 Å². The molecule has 0 aromatic heterocycles. The van der Waals surface area contributed by atoms with Gasteiger partial charge in [0.25, 0.3) is 0 Å². The summed E-state index contributed by atoms with van der Waals surface area (Å²) in [7, 11) is 0. The van der Waals surface area contributed by atoms with Crippen molar-refractivity contribution in [3.63, 3.8) is 0 Å². The predicted molar refractivity (Wildman–Crippen MR) is 91.3 cm³/mol. The molecule has 7 nitrogen and oxygen atoms in total. The zero-order valence-electron chi connectivity index (χ0n) is 15.5. The molecule has 1 amide bonds. The summed E-state index contributed by atoms with van der Waals surface area (Å²) in [5.74, 6) is -1.04. The van der Waals surface area contributed by atoms with Crippen LogP contribution < -0.4 is 11.1 Å². The fraction of sp³-hybridized carbons (Fsp3) is 0.824. The summed E-state index contributed by atoms with van der Waals surface area (Å²) in [6.07, 6.45) is 1.79. The second-order valence-corrected chi connectivity index (χ2v) is 6.76. The average Bonchev–Trinajstić information content (AvgIpc) is 2.44. The van der Waals surface area contributed by atoms with Crippen LogP contribution in [-0.4, -0.2) is 35.7 Å². The molecule has 0 aliphatic rings. The van der Waals surface area contributed by atoms with Crippen LogP contribution in [0.25, 0.3) is 0 Å². The number of nitrogens with two attached hydrogens (primary N) is 1. The first-order chi connectivity index (χ1) is 11.1. The van der Waals surface area contributed by atoms with E-state index in [9.17, 15) is 14.4 Å². The van der Waals surface area contributed by atoms with Gasteiger partial charge in [0.05, 0.1) is 6.04 Å². The standard InChI is InChI=1S/C17H32N2O5/c1-6-8-9-11-13(20)23-15(18)14(21)12(10-7-2)19-16(22)24-17(3,4)5/h12,15H,6-11,18H2,1-5H3,(H,19,22). The molecule has 7 heteroatoms. The molecule has 2 unspecified atom stereocenters. The highest BCUT2D eigenvalue weighted by Crippen LogP contribution is 2.09. The van der Waals surface area contributed by atoms with Gasteiger partial charge in [0.15, 0.2) is 0 Å². The van der Waals surface area contributed by atoms with Crippen molar-refractivity contribution >= 4 is 17.8 Å². The number of ketones is 1. The maximum atomic E-state index is 12.3. The quantitative estimate of drug-likeness (QED) is 0.358. The number of nitrogens with one attached hydrogen (secondary N) is 1. The topological polar surface area (TPSA) is 108 Å². The van der Waals surface area contributed by atoms with Crippen molar-refractivity contribution < 1.29 is 23.9 Å². The van der Waals surface area contributed by atoms with Gasteiger partial charge >= 0.3 is 12.1 Å². The van der Waals surface area contributed by atoms with Crippen molar-refractivity contribution in [2.45, 2.75) is 91.0 Å². The lowest BCUT2D eigenvalue weighted by molar-refractivity contribution is -0.155. The Balaban J connectivity index is 4.60. The van der Waals surface area contributed by atoms with E-state index in [0.29, 0.717) is 19.3 Å². The van der Waals surface area contributed by atoms with Crippen molar-refractivity contribution in [3.8, 4) is 0 Å². The van der Waals surface area contributed by atoms with Gasteiger partial charge in [-0.2, -0.15) is 0 Å². The number of unbranched alkanes of at least 4 members (excludes halogenated alkanes) is 2. The van der Waals surface area contributed by atoms with E-state index in [2.05, 4.69) is 5.32 Å². The maximum absolute atomic E-state index is 12.3. The van der Waals surface area contributed by atoms with E-state index in [1.807, 2.05) is 13.8 Å². The summed E-state index contributed by atoms with van der Waals surface area (Å²) >= 11 is 0. The minimum absolute atomic E-state index is 0.229. The van der Waals surface area contributed by atoms with Gasteiger partial charge in [0, 0.05) is 6.42 Å². The third-order valence-electron chi connectivity index (χ3n) is 3.14. The number of ether oxygens (including phenoxy) is 2. The van der Waals surface area contributed by atoms with Crippen LogP contribution in [-0.2, 0) is 19.1 Å². The van der Waals surface area contributed by atoms with Crippen LogP contribution in [0.4, 0.5) is 4.79 Å². The lowest BCUT2D eigenvalue weighted by Crippen LogP contribution is -2.50. The van der Waals surface area contributed by atoms with Crippen LogP contribution in [0.2, 0.25) is 0 Å². The first-order valence-electron chi connectivity index (χ1n) is 8.59. The highest BCUT2D eigenvalue weighted by molar-refractivity contribution is 5.91. The molecule has 3 N–H and O–H groups in total. The van der Waals surface area contributed by atoms with Crippen molar-refractivity contribution in [1.82, 2.24) is 5.32 Å². The van der Waals surface area contributed by atoms with Crippen LogP contribution in [0.3, 0.4) is 0 Å². The fourth-order valence-electron chi connectivity index (χ4n) is 2.00. The minimum atomic E-state index is -1.38. The number of hydrogen-bond donors (Lipinski definition) is 2. The summed E-state index contributed by atoms with van der Waals surface area (Å²) in [6, 6.07) is -0.844. The van der Waals surface area contributed by atoms with E-state index in [1.54, 1.807) is 20.8 Å².